The Hall–Kier alpha value is -3.26. The van der Waals surface area contributed by atoms with Gasteiger partial charge in [-0.3, -0.25) is 19.6 Å². The predicted octanol–water partition coefficient (Wildman–Crippen LogP) is 6.93. The van der Waals surface area contributed by atoms with E-state index in [0.29, 0.717) is 24.3 Å². The summed E-state index contributed by atoms with van der Waals surface area (Å²) in [4.78, 5) is 26.1. The molecule has 2 aromatic heterocycles. The number of nitrogens with zero attached hydrogens (tertiary/aromatic N) is 3. The summed E-state index contributed by atoms with van der Waals surface area (Å²) in [6.45, 7) is 8.47. The third-order valence-corrected chi connectivity index (χ3v) is 11.0. The summed E-state index contributed by atoms with van der Waals surface area (Å²) in [6, 6.07) is 20.0. The van der Waals surface area contributed by atoms with Crippen LogP contribution in [0.15, 0.2) is 60.8 Å². The Labute approximate surface area is 252 Å². The summed E-state index contributed by atoms with van der Waals surface area (Å²) in [5.74, 6) is 0.709. The third kappa shape index (κ3) is 5.23. The molecule has 0 radical (unpaired) electrons. The zero-order chi connectivity index (χ0) is 28.8. The molecule has 4 aromatic rings. The van der Waals surface area contributed by atoms with Crippen LogP contribution in [0.5, 0.6) is 5.75 Å². The fourth-order valence-corrected chi connectivity index (χ4v) is 7.62. The number of hydrogen-bond acceptors (Lipinski definition) is 6. The molecule has 2 aromatic carbocycles. The number of carbonyl (C=O) groups is 1. The number of likely N-dealkylation sites (N-methyl/N-ethyl adjacent to an activating group) is 1. The van der Waals surface area contributed by atoms with Crippen LogP contribution < -0.4 is 10.1 Å². The number of rotatable bonds is 9. The van der Waals surface area contributed by atoms with Crippen molar-refractivity contribution < 1.29 is 9.53 Å². The molecule has 1 saturated carbocycles. The van der Waals surface area contributed by atoms with Crippen molar-refractivity contribution in [3.63, 3.8) is 0 Å². The fraction of sp³-hybridized carbons (Fsp3) is 0.429. The number of aromatic nitrogens is 1. The van der Waals surface area contributed by atoms with Gasteiger partial charge in [0.25, 0.3) is 5.91 Å². The Bertz CT molecular complexity index is 1620. The van der Waals surface area contributed by atoms with Crippen molar-refractivity contribution in [1.82, 2.24) is 20.1 Å². The Morgan fingerprint density at radius 3 is 2.69 bits per heavy atom. The van der Waals surface area contributed by atoms with E-state index in [-0.39, 0.29) is 5.91 Å². The number of aryl methyl sites for hydroxylation is 1. The molecule has 42 heavy (non-hydrogen) atoms. The first-order valence-electron chi connectivity index (χ1n) is 15.4. The summed E-state index contributed by atoms with van der Waals surface area (Å²) in [5, 5.41) is 4.57. The molecule has 3 aliphatic rings. The third-order valence-electron chi connectivity index (χ3n) is 9.69. The van der Waals surface area contributed by atoms with Crippen molar-refractivity contribution in [1.29, 1.82) is 0 Å². The maximum absolute atomic E-state index is 13.8. The van der Waals surface area contributed by atoms with Crippen molar-refractivity contribution in [3.8, 4) is 16.2 Å². The van der Waals surface area contributed by atoms with E-state index < -0.39 is 5.54 Å². The highest BCUT2D eigenvalue weighted by Gasteiger charge is 2.47. The van der Waals surface area contributed by atoms with Crippen LogP contribution in [0.25, 0.3) is 21.3 Å². The molecule has 0 bridgehead atoms. The van der Waals surface area contributed by atoms with Gasteiger partial charge < -0.3 is 10.1 Å². The highest BCUT2D eigenvalue weighted by molar-refractivity contribution is 7.15. The van der Waals surface area contributed by atoms with E-state index in [2.05, 4.69) is 59.4 Å². The number of amides is 1. The van der Waals surface area contributed by atoms with E-state index in [1.165, 1.54) is 41.2 Å². The van der Waals surface area contributed by atoms with Crippen LogP contribution in [-0.2, 0) is 5.54 Å². The van der Waals surface area contributed by atoms with Crippen LogP contribution in [0.3, 0.4) is 0 Å². The topological polar surface area (TPSA) is 57.7 Å². The number of fused-ring (bicyclic) bond motifs is 1. The molecule has 1 amide bonds. The van der Waals surface area contributed by atoms with Gasteiger partial charge >= 0.3 is 0 Å². The molecule has 7 heteroatoms. The van der Waals surface area contributed by atoms with Crippen LogP contribution in [-0.4, -0.2) is 60.0 Å². The second-order valence-corrected chi connectivity index (χ2v) is 13.6. The van der Waals surface area contributed by atoms with Gasteiger partial charge in [-0.05, 0) is 132 Å². The second-order valence-electron chi connectivity index (χ2n) is 12.5. The number of benzene rings is 2. The summed E-state index contributed by atoms with van der Waals surface area (Å²) < 4.78 is 6.10. The smallest absolute Gasteiger partial charge is 0.252 e. The summed E-state index contributed by atoms with van der Waals surface area (Å²) >= 11 is 1.88. The first-order valence-corrected chi connectivity index (χ1v) is 16.2. The van der Waals surface area contributed by atoms with E-state index in [9.17, 15) is 4.79 Å². The lowest BCUT2D eigenvalue weighted by atomic mass is 9.95. The molecule has 1 unspecified atom stereocenters. The van der Waals surface area contributed by atoms with Gasteiger partial charge in [0.1, 0.15) is 12.4 Å². The first-order chi connectivity index (χ1) is 20.4. The fourth-order valence-electron chi connectivity index (χ4n) is 6.54. The van der Waals surface area contributed by atoms with Crippen molar-refractivity contribution in [2.75, 3.05) is 33.3 Å². The van der Waals surface area contributed by atoms with Gasteiger partial charge in [0.2, 0.25) is 0 Å². The standard InChI is InChI=1S/C35H40N4O2S/c1-23-8-9-27(41-22-26-12-18-38(26)3)21-29(23)34(40)37-35(13-14-35)30-19-25(20-31-28(30)7-6-15-36-31)33-11-10-32(42-33)24(2)39-16-4-5-17-39/h6-11,15,19-21,24,26H,4-5,12-14,16-18,22H2,1-3H3,(H,37,40)/t24?,26-/m0/s1. The minimum atomic E-state index is -0.394. The largest absolute Gasteiger partial charge is 0.492 e. The Kier molecular flexibility index (Phi) is 7.29. The lowest BCUT2D eigenvalue weighted by molar-refractivity contribution is 0.0767. The van der Waals surface area contributed by atoms with Gasteiger partial charge in [0, 0.05) is 39.0 Å². The van der Waals surface area contributed by atoms with Gasteiger partial charge in [-0.2, -0.15) is 0 Å². The molecular weight excluding hydrogens is 540 g/mol. The van der Waals surface area contributed by atoms with E-state index in [1.807, 2.05) is 48.7 Å². The van der Waals surface area contributed by atoms with E-state index in [4.69, 9.17) is 9.72 Å². The molecule has 4 heterocycles. The Morgan fingerprint density at radius 2 is 1.95 bits per heavy atom. The molecule has 1 aliphatic carbocycles. The highest BCUT2D eigenvalue weighted by Crippen LogP contribution is 2.49. The summed E-state index contributed by atoms with van der Waals surface area (Å²) in [5.41, 5.74) is 4.55. The lowest BCUT2D eigenvalue weighted by Gasteiger charge is -2.37. The molecule has 3 fully saturated rings. The Morgan fingerprint density at radius 1 is 1.12 bits per heavy atom. The van der Waals surface area contributed by atoms with Crippen molar-refractivity contribution in [2.45, 2.75) is 63.6 Å². The monoisotopic (exact) mass is 580 g/mol. The Balaban J connectivity index is 1.16. The van der Waals surface area contributed by atoms with Crippen LogP contribution in [0.1, 0.15) is 71.4 Å². The number of hydrogen-bond donors (Lipinski definition) is 1. The molecule has 0 spiro atoms. The lowest BCUT2D eigenvalue weighted by Crippen LogP contribution is -2.48. The predicted molar refractivity (Wildman–Crippen MR) is 170 cm³/mol. The quantitative estimate of drug-likeness (QED) is 0.233. The van der Waals surface area contributed by atoms with E-state index in [1.54, 1.807) is 0 Å². The molecule has 2 atom stereocenters. The first kappa shape index (κ1) is 27.6. The van der Waals surface area contributed by atoms with Gasteiger partial charge in [0.15, 0.2) is 0 Å². The zero-order valence-corrected chi connectivity index (χ0v) is 25.7. The summed E-state index contributed by atoms with van der Waals surface area (Å²) in [7, 11) is 2.13. The van der Waals surface area contributed by atoms with Crippen molar-refractivity contribution in [2.24, 2.45) is 0 Å². The molecule has 218 valence electrons. The molecule has 7 rings (SSSR count). The van der Waals surface area contributed by atoms with Crippen LogP contribution in [0.2, 0.25) is 0 Å². The van der Waals surface area contributed by atoms with Crippen LogP contribution in [0.4, 0.5) is 0 Å². The molecule has 1 N–H and O–H groups in total. The van der Waals surface area contributed by atoms with Crippen molar-refractivity contribution >= 4 is 28.1 Å². The van der Waals surface area contributed by atoms with Crippen LogP contribution >= 0.6 is 11.3 Å². The number of pyridine rings is 1. The normalized spacial score (nSPS) is 20.8. The van der Waals surface area contributed by atoms with Gasteiger partial charge in [0.05, 0.1) is 11.1 Å². The number of carbonyl (C=O) groups excluding carboxylic acids is 1. The minimum absolute atomic E-state index is 0.0449. The molecule has 6 nitrogen and oxygen atoms in total. The van der Waals surface area contributed by atoms with Crippen molar-refractivity contribution in [3.05, 3.63) is 82.4 Å². The van der Waals surface area contributed by atoms with Gasteiger partial charge in [-0.1, -0.05) is 12.1 Å². The van der Waals surface area contributed by atoms with Gasteiger partial charge in [-0.15, -0.1) is 11.3 Å². The second kappa shape index (κ2) is 11.1. The average Bonchev–Trinajstić information content (AvgIpc) is 3.37. The van der Waals surface area contributed by atoms with E-state index in [0.717, 1.165) is 53.6 Å². The minimum Gasteiger partial charge on any atom is -0.492 e. The maximum Gasteiger partial charge on any atom is 0.252 e. The number of ether oxygens (including phenoxy) is 1. The molecular formula is C35H40N4O2S. The van der Waals surface area contributed by atoms with E-state index >= 15 is 0 Å². The van der Waals surface area contributed by atoms with Gasteiger partial charge in [-0.25, -0.2) is 0 Å². The molecule has 2 saturated heterocycles. The molecule has 2 aliphatic heterocycles. The number of likely N-dealkylation sites (tertiary alicyclic amines) is 2. The number of nitrogens with one attached hydrogen (secondary N) is 1. The zero-order valence-electron chi connectivity index (χ0n) is 24.9. The average molecular weight is 581 g/mol. The number of thiophene rings is 1. The SMILES string of the molecule is Cc1ccc(OC[C@@H]2CCN2C)cc1C(=O)NC1(c2cc(-c3ccc(C(C)N4CCCC4)s3)cc3ncccc23)CC1. The maximum atomic E-state index is 13.8. The van der Waals surface area contributed by atoms with Crippen LogP contribution in [0, 0.1) is 6.92 Å². The highest BCUT2D eigenvalue weighted by atomic mass is 32.1. The summed E-state index contributed by atoms with van der Waals surface area (Å²) in [6.07, 6.45) is 7.44.